The summed E-state index contributed by atoms with van der Waals surface area (Å²) in [6.07, 6.45) is 19.5. The predicted octanol–water partition coefficient (Wildman–Crippen LogP) is 8.76. The lowest BCUT2D eigenvalue weighted by molar-refractivity contribution is -0.286. The average molecular weight is 1020 g/mol. The molecule has 2 aromatic heterocycles. The summed E-state index contributed by atoms with van der Waals surface area (Å²) >= 11 is 3.28. The second-order valence-corrected chi connectivity index (χ2v) is 20.0. The number of nitrogens with zero attached hydrogens (tertiary/aromatic N) is 2. The van der Waals surface area contributed by atoms with Crippen molar-refractivity contribution in [2.45, 2.75) is 177 Å². The number of halogens is 1. The second kappa shape index (κ2) is 24.5. The van der Waals surface area contributed by atoms with Gasteiger partial charge >= 0.3 is 5.97 Å². The number of rotatable bonds is 12. The molecule has 0 unspecified atom stereocenters. The third-order valence-electron chi connectivity index (χ3n) is 13.9. The summed E-state index contributed by atoms with van der Waals surface area (Å²) in [5, 5.41) is 33.9. The Hall–Kier alpha value is -3.81. The van der Waals surface area contributed by atoms with Gasteiger partial charge in [-0.05, 0) is 75.1 Å². The third-order valence-corrected chi connectivity index (χ3v) is 14.2. The molecule has 7 heterocycles. The highest BCUT2D eigenvalue weighted by molar-refractivity contribution is 9.11. The van der Waals surface area contributed by atoms with E-state index in [-0.39, 0.29) is 67.2 Å². The molecule has 15 nitrogen and oxygen atoms in total. The molecular weight excluding hydrogens is 952 g/mol. The van der Waals surface area contributed by atoms with Crippen LogP contribution in [0.2, 0.25) is 0 Å². The molecule has 0 radical (unpaired) electrons. The molecule has 7 rings (SSSR count). The topological polar surface area (TPSA) is 194 Å². The lowest BCUT2D eigenvalue weighted by Crippen LogP contribution is -2.51. The van der Waals surface area contributed by atoms with Gasteiger partial charge in [-0.2, -0.15) is 0 Å². The number of esters is 1. The zero-order valence-corrected chi connectivity index (χ0v) is 42.3. The van der Waals surface area contributed by atoms with E-state index in [1.165, 1.54) is 12.3 Å². The minimum atomic E-state index is -1.73. The molecule has 2 aromatic rings. The lowest BCUT2D eigenvalue weighted by atomic mass is 9.79. The van der Waals surface area contributed by atoms with Crippen LogP contribution in [0.1, 0.15) is 121 Å². The van der Waals surface area contributed by atoms with Crippen LogP contribution in [0.4, 0.5) is 0 Å². The number of methoxy groups -OCH3 is 2. The van der Waals surface area contributed by atoms with Crippen molar-refractivity contribution in [3.8, 4) is 0 Å². The van der Waals surface area contributed by atoms with E-state index in [1.54, 1.807) is 37.6 Å². The third kappa shape index (κ3) is 14.6. The van der Waals surface area contributed by atoms with Gasteiger partial charge in [0, 0.05) is 57.8 Å². The van der Waals surface area contributed by atoms with E-state index in [0.717, 1.165) is 16.7 Å². The molecule has 0 aliphatic carbocycles. The highest BCUT2D eigenvalue weighted by Gasteiger charge is 2.45. The number of aliphatic hydroxyl groups is 3. The molecule has 15 atom stereocenters. The van der Waals surface area contributed by atoms with E-state index in [0.29, 0.717) is 75.1 Å². The summed E-state index contributed by atoms with van der Waals surface area (Å²) in [6, 6.07) is 0. The monoisotopic (exact) mass is 1020 g/mol. The van der Waals surface area contributed by atoms with Crippen LogP contribution in [0.15, 0.2) is 92.2 Å². The molecule has 0 aromatic carbocycles. The van der Waals surface area contributed by atoms with Crippen LogP contribution in [0, 0.1) is 11.8 Å². The van der Waals surface area contributed by atoms with Crippen LogP contribution in [-0.4, -0.2) is 118 Å². The van der Waals surface area contributed by atoms with Gasteiger partial charge in [0.05, 0.1) is 67.5 Å². The SMILES string of the molecule is C=C1C[C@@H]2C[C@@H]3C[C@@H](O)C[C@@H](O3)c3coc(n3)C=CC[C@H]3O[C@@H](C(C)=Cc4coc(C[C@]5(O)C[C@H](OC)C[C@H]([C@H](O)C=C(C)C=C[C@@H](CC=CBr)OC)O5)n4)[C@H](C)[C@@H](OC(=O)C=CC[C@@H](C1)O2)[C@@H]3C. The first kappa shape index (κ1) is 53.0. The normalized spacial score (nSPS) is 35.2. The van der Waals surface area contributed by atoms with Gasteiger partial charge in [0.1, 0.15) is 36.1 Å². The fourth-order valence-corrected chi connectivity index (χ4v) is 10.6. The molecule has 0 saturated carbocycles. The lowest BCUT2D eigenvalue weighted by Gasteiger charge is -2.44. The number of allylic oxidation sites excluding steroid dienone is 2. The van der Waals surface area contributed by atoms with Crippen LogP contribution in [0.5, 0.6) is 0 Å². The van der Waals surface area contributed by atoms with Gasteiger partial charge in [0.25, 0.3) is 0 Å². The molecule has 69 heavy (non-hydrogen) atoms. The minimum absolute atomic E-state index is 0.0830. The van der Waals surface area contributed by atoms with Crippen molar-refractivity contribution in [1.82, 2.24) is 9.97 Å². The number of ether oxygens (including phenoxy) is 7. The molecule has 4 saturated heterocycles. The van der Waals surface area contributed by atoms with Crippen molar-refractivity contribution < 1.29 is 62.1 Å². The maximum Gasteiger partial charge on any atom is 0.330 e. The number of carbonyl (C=O) groups is 1. The molecule has 0 spiro atoms. The zero-order chi connectivity index (χ0) is 49.2. The van der Waals surface area contributed by atoms with Gasteiger partial charge in [0.15, 0.2) is 11.7 Å². The van der Waals surface area contributed by atoms with Gasteiger partial charge in [-0.25, -0.2) is 14.8 Å². The van der Waals surface area contributed by atoms with Crippen molar-refractivity contribution in [3.63, 3.8) is 0 Å². The number of oxazole rings is 2. The summed E-state index contributed by atoms with van der Waals surface area (Å²) in [7, 11) is 3.22. The Morgan fingerprint density at radius 1 is 0.986 bits per heavy atom. The molecule has 378 valence electrons. The fraction of sp³-hybridized carbons (Fsp3) is 0.604. The highest BCUT2D eigenvalue weighted by Crippen LogP contribution is 2.40. The smallest absolute Gasteiger partial charge is 0.330 e. The van der Waals surface area contributed by atoms with Crippen molar-refractivity contribution in [1.29, 1.82) is 0 Å². The van der Waals surface area contributed by atoms with Crippen LogP contribution in [-0.2, 0) is 44.4 Å². The Balaban J connectivity index is 1.06. The first-order chi connectivity index (χ1) is 33.1. The summed E-state index contributed by atoms with van der Waals surface area (Å²) in [4.78, 5) is 24.8. The number of hydrogen-bond donors (Lipinski definition) is 3. The van der Waals surface area contributed by atoms with Crippen molar-refractivity contribution in [2.24, 2.45) is 11.8 Å². The Bertz CT molecular complexity index is 2210. The van der Waals surface area contributed by atoms with Gasteiger partial charge < -0.3 is 57.3 Å². The maximum atomic E-state index is 13.6. The number of hydrogen-bond acceptors (Lipinski definition) is 15. The molecule has 16 heteroatoms. The van der Waals surface area contributed by atoms with Gasteiger partial charge in [-0.15, -0.1) is 0 Å². The molecule has 5 aliphatic heterocycles. The van der Waals surface area contributed by atoms with Gasteiger partial charge in [-0.1, -0.05) is 84.0 Å². The molecule has 3 N–H and O–H groups in total. The van der Waals surface area contributed by atoms with E-state index < -0.39 is 48.4 Å². The Morgan fingerprint density at radius 2 is 1.78 bits per heavy atom. The standard InChI is InChI=1S/C53H71BrN2O13/c1-31(16-17-38(61-6)12-10-18-54)21-44(58)47-26-42(62-7)27-53(60,69-47)28-49-55-36(29-63-49)22-33(3)51-35(5)52-34(4)45(67-51)13-9-14-48-56-43(30-64-48)46-24-37(57)23-41(66-46)25-40-20-32(2)19-39(65-40)11-8-15-50(59)68-52/h8-10,14-18,21-22,29-30,34-35,37-42,44-47,51-52,57-58,60H,2,11-13,19-20,23-28H2,1,3-7H3/t34-,35+,37-,38-,39+,40-,41+,42-,44-,45-,46-,47-,51+,52+,53+/m1/s1. The Morgan fingerprint density at radius 3 is 2.57 bits per heavy atom. The number of fused-ring (bicyclic) bond motifs is 9. The van der Waals surface area contributed by atoms with E-state index in [1.807, 2.05) is 64.2 Å². The summed E-state index contributed by atoms with van der Waals surface area (Å²) in [5.74, 6) is -1.95. The van der Waals surface area contributed by atoms with E-state index in [2.05, 4.69) is 22.5 Å². The maximum absolute atomic E-state index is 13.6. The van der Waals surface area contributed by atoms with Crippen LogP contribution < -0.4 is 0 Å². The van der Waals surface area contributed by atoms with Gasteiger partial charge in [-0.3, -0.25) is 0 Å². The minimum Gasteiger partial charge on any atom is -0.458 e. The number of aliphatic hydroxyl groups excluding tert-OH is 2. The number of aromatic nitrogens is 2. The zero-order valence-electron chi connectivity index (χ0n) is 40.7. The molecule has 8 bridgehead atoms. The summed E-state index contributed by atoms with van der Waals surface area (Å²) < 4.78 is 55.2. The van der Waals surface area contributed by atoms with E-state index in [9.17, 15) is 20.1 Å². The van der Waals surface area contributed by atoms with Gasteiger partial charge in [0.2, 0.25) is 5.89 Å². The largest absolute Gasteiger partial charge is 0.458 e. The Labute approximate surface area is 414 Å². The first-order valence-electron chi connectivity index (χ1n) is 24.3. The van der Waals surface area contributed by atoms with Crippen LogP contribution in [0.25, 0.3) is 12.2 Å². The number of carbonyl (C=O) groups excluding carboxylic acids is 1. The fourth-order valence-electron chi connectivity index (χ4n) is 10.4. The molecule has 4 fully saturated rings. The average Bonchev–Trinajstić information content (AvgIpc) is 3.96. The highest BCUT2D eigenvalue weighted by atomic mass is 79.9. The van der Waals surface area contributed by atoms with Crippen molar-refractivity contribution in [2.75, 3.05) is 14.2 Å². The van der Waals surface area contributed by atoms with Crippen molar-refractivity contribution in [3.05, 3.63) is 107 Å². The summed E-state index contributed by atoms with van der Waals surface area (Å²) in [5.41, 5.74) is 3.86. The summed E-state index contributed by atoms with van der Waals surface area (Å²) in [6.45, 7) is 12.2. The second-order valence-electron chi connectivity index (χ2n) is 19.5. The molecule has 5 aliphatic rings. The predicted molar refractivity (Wildman–Crippen MR) is 261 cm³/mol. The van der Waals surface area contributed by atoms with Crippen LogP contribution >= 0.6 is 15.9 Å². The quantitative estimate of drug-likeness (QED) is 0.104. The van der Waals surface area contributed by atoms with E-state index >= 15 is 0 Å². The molecule has 0 amide bonds. The van der Waals surface area contributed by atoms with E-state index in [4.69, 9.17) is 52.0 Å². The first-order valence-corrected chi connectivity index (χ1v) is 25.2. The Kier molecular flexibility index (Phi) is 18.9. The van der Waals surface area contributed by atoms with Crippen molar-refractivity contribution >= 4 is 34.1 Å². The molecular formula is C53H71BrN2O13. The van der Waals surface area contributed by atoms with Crippen LogP contribution in [0.3, 0.4) is 0 Å².